The summed E-state index contributed by atoms with van der Waals surface area (Å²) in [7, 11) is 0. The van der Waals surface area contributed by atoms with Crippen LogP contribution in [0.1, 0.15) is 123 Å². The summed E-state index contributed by atoms with van der Waals surface area (Å²) in [6.07, 6.45) is -0.647. The second-order valence-corrected chi connectivity index (χ2v) is 18.1. The van der Waals surface area contributed by atoms with Gasteiger partial charge < -0.3 is 5.11 Å². The topological polar surface area (TPSA) is 50.9 Å². The highest BCUT2D eigenvalue weighted by Gasteiger charge is 2.25. The van der Waals surface area contributed by atoms with Crippen LogP contribution < -0.4 is 0 Å². The predicted molar refractivity (Wildman–Crippen MR) is 258 cm³/mol. The van der Waals surface area contributed by atoms with Crippen LogP contribution in [0.2, 0.25) is 0 Å². The predicted octanol–water partition coefficient (Wildman–Crippen LogP) is 15.5. The number of aromatic hydroxyl groups is 1. The maximum Gasteiger partial charge on any atom is 0.149 e. The van der Waals surface area contributed by atoms with Crippen LogP contribution >= 0.6 is 0 Å². The molecular weight excluding hydrogens is 743 g/mol. The number of nitrogens with zero attached hydrogens (tertiary/aromatic N) is 3. The van der Waals surface area contributed by atoms with Gasteiger partial charge in [0.15, 0.2) is 0 Å². The van der Waals surface area contributed by atoms with Crippen molar-refractivity contribution < 1.29 is 24.3 Å². The Balaban J connectivity index is 1.39. The van der Waals surface area contributed by atoms with E-state index in [0.29, 0.717) is 44.8 Å². The van der Waals surface area contributed by atoms with Gasteiger partial charge in [0.2, 0.25) is 0 Å². The molecule has 0 aliphatic rings. The van der Waals surface area contributed by atoms with Crippen molar-refractivity contribution in [1.82, 2.24) is 14.5 Å². The van der Waals surface area contributed by atoms with Gasteiger partial charge in [-0.2, -0.15) is 0 Å². The first-order valence-electron chi connectivity index (χ1n) is 27.4. The molecule has 0 spiro atoms. The van der Waals surface area contributed by atoms with Crippen molar-refractivity contribution in [3.63, 3.8) is 0 Å². The summed E-state index contributed by atoms with van der Waals surface area (Å²) in [6, 6.07) is 27.6. The Hall–Kier alpha value is -6.26. The molecular formula is C57H59N3O. The number of fused-ring (bicyclic) bond motifs is 1. The minimum Gasteiger partial charge on any atom is -0.507 e. The molecule has 2 aromatic heterocycles. The molecule has 8 aromatic rings. The molecule has 0 saturated heterocycles. The maximum absolute atomic E-state index is 11.4. The summed E-state index contributed by atoms with van der Waals surface area (Å²) < 4.78 is 124. The molecule has 0 radical (unpaired) electrons. The van der Waals surface area contributed by atoms with Gasteiger partial charge in [0.05, 0.1) is 31.9 Å². The largest absolute Gasteiger partial charge is 0.507 e. The Bertz CT molecular complexity index is 3550. The van der Waals surface area contributed by atoms with E-state index in [1.165, 1.54) is 0 Å². The van der Waals surface area contributed by atoms with E-state index < -0.39 is 89.5 Å². The van der Waals surface area contributed by atoms with Crippen molar-refractivity contribution in [3.05, 3.63) is 168 Å². The average molecular weight is 816 g/mol. The number of aromatic nitrogens is 3. The van der Waals surface area contributed by atoms with E-state index in [1.807, 2.05) is 99.8 Å². The molecule has 6 aromatic carbocycles. The first-order valence-corrected chi connectivity index (χ1v) is 20.4. The fourth-order valence-electron chi connectivity index (χ4n) is 7.75. The van der Waals surface area contributed by atoms with Gasteiger partial charge >= 0.3 is 0 Å². The Morgan fingerprint density at radius 2 is 1.31 bits per heavy atom. The normalized spacial score (nSPS) is 16.3. The SMILES string of the molecule is [2H]c1nc(-c2cc(-c3cccc4c3nc(-c3ccccc3O)n4-c3ccc(-c4ccccc4C(C)(C)C)c(C([2H])(C)C)c3)cc(C(C)(C)C)c2)c([2H])c(-c2c([2H])c([2H])c(C(C)(C([2H])([2H])[2H])C([2H])([2H])[2H])c([2H])c2[2H])c1[2H]. The lowest BCUT2D eigenvalue weighted by atomic mass is 9.80. The van der Waals surface area contributed by atoms with Crippen LogP contribution in [-0.2, 0) is 16.2 Å². The van der Waals surface area contributed by atoms with Crippen LogP contribution in [0, 0.1) is 0 Å². The lowest BCUT2D eigenvalue weighted by Crippen LogP contribution is -2.13. The number of hydrogen-bond donors (Lipinski definition) is 1. The number of hydrogen-bond acceptors (Lipinski definition) is 3. The maximum atomic E-state index is 11.4. The van der Waals surface area contributed by atoms with E-state index in [-0.39, 0.29) is 16.9 Å². The summed E-state index contributed by atoms with van der Waals surface area (Å²) >= 11 is 0. The van der Waals surface area contributed by atoms with E-state index in [1.54, 1.807) is 30.3 Å². The van der Waals surface area contributed by atoms with Crippen molar-refractivity contribution in [3.8, 4) is 67.5 Å². The molecule has 0 unspecified atom stereocenters. The third kappa shape index (κ3) is 8.16. The number of para-hydroxylation sites is 2. The summed E-state index contributed by atoms with van der Waals surface area (Å²) in [5.74, 6) is -0.633. The molecule has 0 amide bonds. The molecule has 0 fully saturated rings. The second kappa shape index (κ2) is 15.6. The summed E-state index contributed by atoms with van der Waals surface area (Å²) in [5, 5.41) is 11.4. The van der Waals surface area contributed by atoms with Crippen molar-refractivity contribution in [2.45, 2.75) is 98.2 Å². The van der Waals surface area contributed by atoms with Crippen LogP contribution in [0.3, 0.4) is 0 Å². The molecule has 0 saturated carbocycles. The highest BCUT2D eigenvalue weighted by atomic mass is 16.3. The molecule has 0 aliphatic carbocycles. The Morgan fingerprint density at radius 3 is 2.00 bits per heavy atom. The molecule has 4 nitrogen and oxygen atoms in total. The zero-order chi connectivity index (χ0) is 55.4. The lowest BCUT2D eigenvalue weighted by molar-refractivity contribution is 0.477. The summed E-state index contributed by atoms with van der Waals surface area (Å²) in [5.41, 5.74) is 2.95. The van der Waals surface area contributed by atoms with E-state index in [9.17, 15) is 7.85 Å². The van der Waals surface area contributed by atoms with E-state index in [2.05, 4.69) is 37.9 Å². The summed E-state index contributed by atoms with van der Waals surface area (Å²) in [4.78, 5) is 9.72. The van der Waals surface area contributed by atoms with Gasteiger partial charge in [-0.3, -0.25) is 9.55 Å². The molecule has 308 valence electrons. The Kier molecular flexibility index (Phi) is 7.07. The highest BCUT2D eigenvalue weighted by Crippen LogP contribution is 2.42. The van der Waals surface area contributed by atoms with Gasteiger partial charge in [0, 0.05) is 32.6 Å². The van der Waals surface area contributed by atoms with Crippen LogP contribution in [0.15, 0.2) is 146 Å². The third-order valence-corrected chi connectivity index (χ3v) is 11.0. The van der Waals surface area contributed by atoms with Gasteiger partial charge in [-0.15, -0.1) is 0 Å². The van der Waals surface area contributed by atoms with Crippen molar-refractivity contribution >= 4 is 11.0 Å². The van der Waals surface area contributed by atoms with Crippen molar-refractivity contribution in [2.24, 2.45) is 0 Å². The first-order chi connectivity index (χ1) is 34.6. The molecule has 8 rings (SSSR count). The molecule has 0 bridgehead atoms. The number of benzene rings is 6. The highest BCUT2D eigenvalue weighted by molar-refractivity contribution is 5.97. The zero-order valence-corrected chi connectivity index (χ0v) is 36.1. The number of imidazole rings is 1. The number of phenols is 1. The van der Waals surface area contributed by atoms with Crippen LogP contribution in [-0.4, -0.2) is 19.6 Å². The fourth-order valence-corrected chi connectivity index (χ4v) is 7.75. The van der Waals surface area contributed by atoms with Gasteiger partial charge in [-0.05, 0) is 127 Å². The lowest BCUT2D eigenvalue weighted by Gasteiger charge is -2.25. The molecule has 61 heavy (non-hydrogen) atoms. The molecule has 2 heterocycles. The van der Waals surface area contributed by atoms with Crippen molar-refractivity contribution in [1.29, 1.82) is 0 Å². The van der Waals surface area contributed by atoms with Crippen LogP contribution in [0.5, 0.6) is 5.75 Å². The van der Waals surface area contributed by atoms with Crippen LogP contribution in [0.4, 0.5) is 0 Å². The molecule has 1 N–H and O–H groups in total. The van der Waals surface area contributed by atoms with Gasteiger partial charge in [0.1, 0.15) is 11.6 Å². The third-order valence-electron chi connectivity index (χ3n) is 11.0. The zero-order valence-electron chi connectivity index (χ0n) is 50.1. The Labute approximate surface area is 382 Å². The standard InChI is InChI=1S/C57H59N3O/c1-36(2)48-35-43(27-28-45(48)46-17-12-14-20-49(46)57(9,10)11)60-51-21-16-19-44(53(51)59-54(60)47-18-13-15-22-52(47)61)39-31-40(33-42(32-39)56(6,7)8)50-34-38(29-30-58-50)37-23-25-41(26-24-37)55(3,4)5/h12-36,61H,1-11H3/i3D3,4D3,23D,24D,25D,26D,29D,30D,34D,36D. The Morgan fingerprint density at radius 1 is 0.623 bits per heavy atom. The summed E-state index contributed by atoms with van der Waals surface area (Å²) in [6.45, 7) is 10.5. The number of rotatable bonds is 7. The van der Waals surface area contributed by atoms with Gasteiger partial charge in [-0.25, -0.2) is 4.98 Å². The van der Waals surface area contributed by atoms with E-state index >= 15 is 0 Å². The van der Waals surface area contributed by atoms with E-state index in [0.717, 1.165) is 34.7 Å². The molecule has 0 atom stereocenters. The molecule has 4 heteroatoms. The second-order valence-electron chi connectivity index (χ2n) is 18.1. The van der Waals surface area contributed by atoms with Crippen molar-refractivity contribution in [2.75, 3.05) is 0 Å². The van der Waals surface area contributed by atoms with Crippen LogP contribution in [0.25, 0.3) is 72.7 Å². The minimum absolute atomic E-state index is 0.00162. The molecule has 0 aliphatic heterocycles. The number of phenolic OH excluding ortho intramolecular Hbond substituents is 1. The number of pyridine rings is 1. The minimum atomic E-state index is -3.30. The quantitative estimate of drug-likeness (QED) is 0.174. The monoisotopic (exact) mass is 816 g/mol. The average Bonchev–Trinajstić information content (AvgIpc) is 3.71. The van der Waals surface area contributed by atoms with Gasteiger partial charge in [0.25, 0.3) is 0 Å². The fraction of sp³-hybridized carbons (Fsp3) is 0.263. The van der Waals surface area contributed by atoms with Gasteiger partial charge in [-0.1, -0.05) is 161 Å². The smallest absolute Gasteiger partial charge is 0.149 e. The van der Waals surface area contributed by atoms with E-state index in [4.69, 9.17) is 21.4 Å². The first kappa shape index (κ1) is 27.6.